The minimum Gasteiger partial charge on any atom is -0.393 e. The number of aliphatic hydroxyl groups is 3. The van der Waals surface area contributed by atoms with E-state index in [4.69, 9.17) is 0 Å². The quantitative estimate of drug-likeness (QED) is 0.695. The largest absolute Gasteiger partial charge is 0.393 e. The van der Waals surface area contributed by atoms with Gasteiger partial charge >= 0.3 is 0 Å². The predicted octanol–water partition coefficient (Wildman–Crippen LogP) is 3.11. The SMILES string of the molecule is C[C@]12CCC3C(CC[C@H]4C[C@H](O)CC[C@]34C)C1CC[C@]2(O)CO. The van der Waals surface area contributed by atoms with Gasteiger partial charge in [0.05, 0.1) is 18.3 Å². The molecule has 0 aromatic carbocycles. The van der Waals surface area contributed by atoms with Crippen molar-refractivity contribution in [1.29, 1.82) is 0 Å². The van der Waals surface area contributed by atoms with E-state index in [-0.39, 0.29) is 18.1 Å². The van der Waals surface area contributed by atoms with Crippen LogP contribution >= 0.6 is 0 Å². The van der Waals surface area contributed by atoms with Crippen molar-refractivity contribution in [1.82, 2.24) is 0 Å². The molecule has 4 aliphatic rings. The van der Waals surface area contributed by atoms with Gasteiger partial charge in [0.25, 0.3) is 0 Å². The van der Waals surface area contributed by atoms with E-state index < -0.39 is 5.60 Å². The third-order valence-corrected chi connectivity index (χ3v) is 9.22. The van der Waals surface area contributed by atoms with Crippen molar-refractivity contribution in [2.24, 2.45) is 34.5 Å². The minimum atomic E-state index is -0.858. The Morgan fingerprint density at radius 3 is 2.39 bits per heavy atom. The number of rotatable bonds is 1. The monoisotopic (exact) mass is 322 g/mol. The fraction of sp³-hybridized carbons (Fsp3) is 1.00. The molecule has 8 atom stereocenters. The first-order chi connectivity index (χ1) is 10.8. The van der Waals surface area contributed by atoms with E-state index in [1.807, 2.05) is 0 Å². The summed E-state index contributed by atoms with van der Waals surface area (Å²) in [4.78, 5) is 0. The van der Waals surface area contributed by atoms with Crippen LogP contribution in [0.15, 0.2) is 0 Å². The van der Waals surface area contributed by atoms with Crippen LogP contribution in [-0.2, 0) is 0 Å². The summed E-state index contributed by atoms with van der Waals surface area (Å²) in [6.07, 6.45) is 9.69. The van der Waals surface area contributed by atoms with Crippen LogP contribution in [0.1, 0.15) is 71.6 Å². The fourth-order valence-corrected chi connectivity index (χ4v) is 7.61. The van der Waals surface area contributed by atoms with Crippen molar-refractivity contribution >= 4 is 0 Å². The normalized spacial score (nSPS) is 59.1. The van der Waals surface area contributed by atoms with Crippen molar-refractivity contribution < 1.29 is 15.3 Å². The third-order valence-electron chi connectivity index (χ3n) is 9.22. The van der Waals surface area contributed by atoms with Gasteiger partial charge in [-0.1, -0.05) is 13.8 Å². The maximum absolute atomic E-state index is 11.0. The van der Waals surface area contributed by atoms with Crippen LogP contribution in [0, 0.1) is 34.5 Å². The summed E-state index contributed by atoms with van der Waals surface area (Å²) >= 11 is 0. The first kappa shape index (κ1) is 16.4. The number of fused-ring (bicyclic) bond motifs is 5. The molecule has 0 aromatic heterocycles. The van der Waals surface area contributed by atoms with Crippen LogP contribution in [0.5, 0.6) is 0 Å². The lowest BCUT2D eigenvalue weighted by Crippen LogP contribution is -2.57. The molecule has 3 N–H and O–H groups in total. The lowest BCUT2D eigenvalue weighted by atomic mass is 9.44. The van der Waals surface area contributed by atoms with Gasteiger partial charge < -0.3 is 15.3 Å². The lowest BCUT2D eigenvalue weighted by molar-refractivity contribution is -0.168. The molecule has 0 radical (unpaired) electrons. The van der Waals surface area contributed by atoms with Crippen molar-refractivity contribution in [3.05, 3.63) is 0 Å². The minimum absolute atomic E-state index is 0.0792. The van der Waals surface area contributed by atoms with Gasteiger partial charge in [-0.15, -0.1) is 0 Å². The Morgan fingerprint density at radius 1 is 0.913 bits per heavy atom. The second kappa shape index (κ2) is 5.19. The van der Waals surface area contributed by atoms with Gasteiger partial charge in [-0.2, -0.15) is 0 Å². The molecule has 4 aliphatic carbocycles. The molecule has 3 unspecified atom stereocenters. The van der Waals surface area contributed by atoms with Gasteiger partial charge in [0.2, 0.25) is 0 Å². The van der Waals surface area contributed by atoms with Crippen molar-refractivity contribution in [3.63, 3.8) is 0 Å². The van der Waals surface area contributed by atoms with Gasteiger partial charge in [0, 0.05) is 5.41 Å². The molecule has 0 saturated heterocycles. The van der Waals surface area contributed by atoms with Crippen LogP contribution in [0.3, 0.4) is 0 Å². The van der Waals surface area contributed by atoms with E-state index in [1.165, 1.54) is 25.7 Å². The zero-order chi connectivity index (χ0) is 16.5. The first-order valence-corrected chi connectivity index (χ1v) is 9.85. The van der Waals surface area contributed by atoms with Crippen molar-refractivity contribution in [2.45, 2.75) is 83.3 Å². The molecule has 4 rings (SSSR count). The van der Waals surface area contributed by atoms with Gasteiger partial charge in [-0.3, -0.25) is 0 Å². The molecular weight excluding hydrogens is 288 g/mol. The third kappa shape index (κ3) is 2.05. The summed E-state index contributed by atoms with van der Waals surface area (Å²) in [5.74, 6) is 2.73. The molecule has 0 aromatic rings. The van der Waals surface area contributed by atoms with Gasteiger partial charge in [0.15, 0.2) is 0 Å². The molecular formula is C20H34O3. The van der Waals surface area contributed by atoms with Crippen molar-refractivity contribution in [3.8, 4) is 0 Å². The van der Waals surface area contributed by atoms with E-state index in [9.17, 15) is 15.3 Å². The molecule has 0 aliphatic heterocycles. The Bertz CT molecular complexity index is 480. The van der Waals surface area contributed by atoms with Crippen LogP contribution in [-0.4, -0.2) is 33.6 Å². The molecule has 4 saturated carbocycles. The highest BCUT2D eigenvalue weighted by Gasteiger charge is 2.64. The highest BCUT2D eigenvalue weighted by atomic mass is 16.3. The zero-order valence-electron chi connectivity index (χ0n) is 14.8. The number of hydrogen-bond acceptors (Lipinski definition) is 3. The molecule has 0 heterocycles. The van der Waals surface area contributed by atoms with E-state index in [1.54, 1.807) is 0 Å². The summed E-state index contributed by atoms with van der Waals surface area (Å²) < 4.78 is 0. The van der Waals surface area contributed by atoms with Crippen LogP contribution < -0.4 is 0 Å². The smallest absolute Gasteiger partial charge is 0.0933 e. The maximum Gasteiger partial charge on any atom is 0.0933 e. The summed E-state index contributed by atoms with van der Waals surface area (Å²) in [6, 6.07) is 0. The standard InChI is InChI=1S/C20H34O3/c1-18-8-5-14(22)11-13(18)3-4-15-16(18)6-9-19(2)17(15)7-10-20(19,23)12-21/h13-17,21-23H,3-12H2,1-2H3/t13-,14+,15?,16?,17?,18-,19-,20-/m0/s1. The Balaban J connectivity index is 1.63. The van der Waals surface area contributed by atoms with Gasteiger partial charge in [-0.05, 0) is 86.9 Å². The molecule has 3 nitrogen and oxygen atoms in total. The van der Waals surface area contributed by atoms with Crippen LogP contribution in [0.4, 0.5) is 0 Å². The van der Waals surface area contributed by atoms with Gasteiger partial charge in [-0.25, -0.2) is 0 Å². The van der Waals surface area contributed by atoms with E-state index in [2.05, 4.69) is 13.8 Å². The van der Waals surface area contributed by atoms with Crippen LogP contribution in [0.2, 0.25) is 0 Å². The second-order valence-corrected chi connectivity index (χ2v) is 9.77. The summed E-state index contributed by atoms with van der Waals surface area (Å²) in [7, 11) is 0. The Labute approximate surface area is 140 Å². The topological polar surface area (TPSA) is 60.7 Å². The second-order valence-electron chi connectivity index (χ2n) is 9.77. The lowest BCUT2D eigenvalue weighted by Gasteiger charge is -2.61. The van der Waals surface area contributed by atoms with E-state index in [0.717, 1.165) is 38.0 Å². The van der Waals surface area contributed by atoms with E-state index >= 15 is 0 Å². The molecule has 132 valence electrons. The molecule has 23 heavy (non-hydrogen) atoms. The zero-order valence-corrected chi connectivity index (χ0v) is 14.8. The average molecular weight is 322 g/mol. The fourth-order valence-electron chi connectivity index (χ4n) is 7.61. The highest BCUT2D eigenvalue weighted by molar-refractivity contribution is 5.13. The van der Waals surface area contributed by atoms with Crippen molar-refractivity contribution in [2.75, 3.05) is 6.61 Å². The molecule has 3 heteroatoms. The summed E-state index contributed by atoms with van der Waals surface area (Å²) in [5.41, 5.74) is -0.563. The van der Waals surface area contributed by atoms with Gasteiger partial charge in [0.1, 0.15) is 0 Å². The molecule has 0 spiro atoms. The first-order valence-electron chi connectivity index (χ1n) is 9.85. The number of hydrogen-bond donors (Lipinski definition) is 3. The Morgan fingerprint density at radius 2 is 1.65 bits per heavy atom. The molecule has 0 amide bonds. The summed E-state index contributed by atoms with van der Waals surface area (Å²) in [6.45, 7) is 4.66. The maximum atomic E-state index is 11.0. The molecule has 0 bridgehead atoms. The molecule has 4 fully saturated rings. The highest BCUT2D eigenvalue weighted by Crippen LogP contribution is 2.68. The Kier molecular flexibility index (Phi) is 3.69. The Hall–Kier alpha value is -0.120. The van der Waals surface area contributed by atoms with Crippen LogP contribution in [0.25, 0.3) is 0 Å². The number of aliphatic hydroxyl groups excluding tert-OH is 2. The average Bonchev–Trinajstić information content (AvgIpc) is 2.80. The van der Waals surface area contributed by atoms with E-state index in [0.29, 0.717) is 23.2 Å². The predicted molar refractivity (Wildman–Crippen MR) is 89.8 cm³/mol. The summed E-state index contributed by atoms with van der Waals surface area (Å²) in [5, 5.41) is 30.9.